The molecule has 2 aromatic rings. The summed E-state index contributed by atoms with van der Waals surface area (Å²) >= 11 is 5.89. The molecule has 1 aromatic carbocycles. The van der Waals surface area contributed by atoms with E-state index in [1.165, 1.54) is 0 Å². The van der Waals surface area contributed by atoms with Crippen LogP contribution in [0, 0.1) is 30.0 Å². The number of hydrogen-bond donors (Lipinski definition) is 1. The average molecular weight is 318 g/mol. The second kappa shape index (κ2) is 6.76. The van der Waals surface area contributed by atoms with Gasteiger partial charge in [0, 0.05) is 0 Å². The molecule has 5 heteroatoms. The van der Waals surface area contributed by atoms with Crippen LogP contribution in [-0.4, -0.2) is 4.98 Å². The number of aromatic nitrogens is 1. The van der Waals surface area contributed by atoms with E-state index in [0.29, 0.717) is 0 Å². The lowest BCUT2D eigenvalue weighted by molar-refractivity contribution is 0.536. The Bertz CT molecular complexity index is 705. The SMILES string of the molecule is Cc1ccc([C@@H](Nc2nc(Cl)c(C#N)cc2F)C(C)C)cc1. The number of hydrogen-bond acceptors (Lipinski definition) is 3. The average Bonchev–Trinajstić information content (AvgIpc) is 2.48. The second-order valence-corrected chi connectivity index (χ2v) is 5.90. The van der Waals surface area contributed by atoms with Gasteiger partial charge in [-0.15, -0.1) is 0 Å². The zero-order valence-electron chi connectivity index (χ0n) is 12.7. The standard InChI is InChI=1S/C17H17ClFN3/c1-10(2)15(12-6-4-11(3)5-7-12)21-17-14(19)8-13(9-20)16(18)22-17/h4-8,10,15H,1-3H3,(H,21,22)/t15-/m0/s1. The molecule has 0 fully saturated rings. The summed E-state index contributed by atoms with van der Waals surface area (Å²) in [6.07, 6.45) is 0. The van der Waals surface area contributed by atoms with Crippen LogP contribution in [0.1, 0.15) is 36.6 Å². The molecule has 22 heavy (non-hydrogen) atoms. The summed E-state index contributed by atoms with van der Waals surface area (Å²) in [6, 6.07) is 10.9. The van der Waals surface area contributed by atoms with Crippen molar-refractivity contribution in [1.29, 1.82) is 5.26 Å². The number of benzene rings is 1. The van der Waals surface area contributed by atoms with Crippen LogP contribution in [-0.2, 0) is 0 Å². The van der Waals surface area contributed by atoms with Crippen LogP contribution in [0.15, 0.2) is 30.3 Å². The van der Waals surface area contributed by atoms with E-state index in [2.05, 4.69) is 10.3 Å². The van der Waals surface area contributed by atoms with Crippen LogP contribution in [0.3, 0.4) is 0 Å². The van der Waals surface area contributed by atoms with Gasteiger partial charge in [-0.3, -0.25) is 0 Å². The van der Waals surface area contributed by atoms with Gasteiger partial charge in [-0.25, -0.2) is 9.37 Å². The van der Waals surface area contributed by atoms with E-state index in [-0.39, 0.29) is 28.5 Å². The lowest BCUT2D eigenvalue weighted by Crippen LogP contribution is -2.18. The molecule has 1 heterocycles. The van der Waals surface area contributed by atoms with E-state index >= 15 is 0 Å². The predicted octanol–water partition coefficient (Wildman–Crippen LogP) is 4.86. The molecule has 0 unspecified atom stereocenters. The number of nitriles is 1. The first-order chi connectivity index (χ1) is 10.4. The molecule has 114 valence electrons. The Morgan fingerprint density at radius 2 is 1.91 bits per heavy atom. The Labute approximate surface area is 134 Å². The third kappa shape index (κ3) is 3.55. The summed E-state index contributed by atoms with van der Waals surface area (Å²) in [5.74, 6) is -0.305. The molecule has 0 saturated heterocycles. The van der Waals surface area contributed by atoms with E-state index in [1.54, 1.807) is 0 Å². The molecule has 0 aliphatic rings. The van der Waals surface area contributed by atoms with Gasteiger partial charge in [0.25, 0.3) is 0 Å². The van der Waals surface area contributed by atoms with Gasteiger partial charge in [-0.2, -0.15) is 5.26 Å². The minimum atomic E-state index is -0.585. The molecule has 0 aliphatic carbocycles. The molecule has 0 aliphatic heterocycles. The minimum absolute atomic E-state index is 0.00203. The van der Waals surface area contributed by atoms with Gasteiger partial charge in [-0.1, -0.05) is 55.3 Å². The largest absolute Gasteiger partial charge is 0.361 e. The Morgan fingerprint density at radius 3 is 2.45 bits per heavy atom. The molecule has 0 saturated carbocycles. The van der Waals surface area contributed by atoms with Crippen molar-refractivity contribution >= 4 is 17.4 Å². The molecule has 0 bridgehead atoms. The Morgan fingerprint density at radius 1 is 1.27 bits per heavy atom. The molecule has 0 spiro atoms. The zero-order valence-corrected chi connectivity index (χ0v) is 13.4. The van der Waals surface area contributed by atoms with Gasteiger partial charge in [0.1, 0.15) is 11.2 Å². The lowest BCUT2D eigenvalue weighted by Gasteiger charge is -2.24. The molecule has 3 nitrogen and oxygen atoms in total. The summed E-state index contributed by atoms with van der Waals surface area (Å²) in [6.45, 7) is 6.10. The number of halogens is 2. The molecule has 0 radical (unpaired) electrons. The van der Waals surface area contributed by atoms with Gasteiger partial charge >= 0.3 is 0 Å². The fraction of sp³-hybridized carbons (Fsp3) is 0.294. The van der Waals surface area contributed by atoms with Crippen molar-refractivity contribution in [3.63, 3.8) is 0 Å². The topological polar surface area (TPSA) is 48.7 Å². The van der Waals surface area contributed by atoms with Crippen molar-refractivity contribution in [2.75, 3.05) is 5.32 Å². The molecular formula is C17H17ClFN3. The number of anilines is 1. The monoisotopic (exact) mass is 317 g/mol. The molecule has 2 rings (SSSR count). The van der Waals surface area contributed by atoms with Crippen LogP contribution >= 0.6 is 11.6 Å². The van der Waals surface area contributed by atoms with Crippen molar-refractivity contribution in [3.05, 3.63) is 58.0 Å². The number of aryl methyl sites for hydroxylation is 1. The number of pyridine rings is 1. The third-order valence-electron chi connectivity index (χ3n) is 3.45. The summed E-state index contributed by atoms with van der Waals surface area (Å²) in [4.78, 5) is 3.97. The van der Waals surface area contributed by atoms with Crippen LogP contribution in [0.5, 0.6) is 0 Å². The maximum Gasteiger partial charge on any atom is 0.166 e. The third-order valence-corrected chi connectivity index (χ3v) is 3.73. The predicted molar refractivity (Wildman–Crippen MR) is 86.3 cm³/mol. The highest BCUT2D eigenvalue weighted by Crippen LogP contribution is 2.28. The fourth-order valence-electron chi connectivity index (χ4n) is 2.20. The van der Waals surface area contributed by atoms with Crippen molar-refractivity contribution in [3.8, 4) is 6.07 Å². The lowest BCUT2D eigenvalue weighted by atomic mass is 9.95. The maximum absolute atomic E-state index is 14.1. The molecular weight excluding hydrogens is 301 g/mol. The summed E-state index contributed by atoms with van der Waals surface area (Å²) in [5, 5.41) is 11.9. The number of nitrogens with zero attached hydrogens (tertiary/aromatic N) is 2. The maximum atomic E-state index is 14.1. The number of nitrogens with one attached hydrogen (secondary N) is 1. The van der Waals surface area contributed by atoms with E-state index in [4.69, 9.17) is 16.9 Å². The molecule has 0 amide bonds. The summed E-state index contributed by atoms with van der Waals surface area (Å²) in [7, 11) is 0. The zero-order chi connectivity index (χ0) is 16.3. The first-order valence-electron chi connectivity index (χ1n) is 7.01. The fourth-order valence-corrected chi connectivity index (χ4v) is 2.38. The van der Waals surface area contributed by atoms with Crippen molar-refractivity contribution in [2.24, 2.45) is 5.92 Å². The highest BCUT2D eigenvalue weighted by Gasteiger charge is 2.19. The van der Waals surface area contributed by atoms with Crippen molar-refractivity contribution in [1.82, 2.24) is 4.98 Å². The molecule has 1 N–H and O–H groups in total. The Kier molecular flexibility index (Phi) is 4.99. The van der Waals surface area contributed by atoms with E-state index in [9.17, 15) is 4.39 Å². The summed E-state index contributed by atoms with van der Waals surface area (Å²) in [5.41, 5.74) is 2.24. The highest BCUT2D eigenvalue weighted by molar-refractivity contribution is 6.30. The second-order valence-electron chi connectivity index (χ2n) is 5.55. The van der Waals surface area contributed by atoms with Crippen LogP contribution in [0.2, 0.25) is 5.15 Å². The normalized spacial score (nSPS) is 12.0. The van der Waals surface area contributed by atoms with Crippen LogP contribution < -0.4 is 5.32 Å². The van der Waals surface area contributed by atoms with E-state index < -0.39 is 5.82 Å². The van der Waals surface area contributed by atoms with Crippen molar-refractivity contribution < 1.29 is 4.39 Å². The van der Waals surface area contributed by atoms with E-state index in [0.717, 1.165) is 17.2 Å². The molecule has 1 aromatic heterocycles. The smallest absolute Gasteiger partial charge is 0.166 e. The first kappa shape index (κ1) is 16.3. The van der Waals surface area contributed by atoms with Gasteiger partial charge in [0.15, 0.2) is 11.6 Å². The number of rotatable bonds is 4. The molecule has 1 atom stereocenters. The van der Waals surface area contributed by atoms with Gasteiger partial charge < -0.3 is 5.32 Å². The quantitative estimate of drug-likeness (QED) is 0.819. The van der Waals surface area contributed by atoms with Crippen LogP contribution in [0.4, 0.5) is 10.2 Å². The van der Waals surface area contributed by atoms with Gasteiger partial charge in [0.2, 0.25) is 0 Å². The van der Waals surface area contributed by atoms with Gasteiger partial charge in [0.05, 0.1) is 11.6 Å². The Hall–Kier alpha value is -2.12. The van der Waals surface area contributed by atoms with Crippen molar-refractivity contribution in [2.45, 2.75) is 26.8 Å². The van der Waals surface area contributed by atoms with Crippen LogP contribution in [0.25, 0.3) is 0 Å². The van der Waals surface area contributed by atoms with E-state index in [1.807, 2.05) is 51.1 Å². The Balaban J connectivity index is 2.35. The first-order valence-corrected chi connectivity index (χ1v) is 7.39. The summed E-state index contributed by atoms with van der Waals surface area (Å²) < 4.78 is 14.1. The van der Waals surface area contributed by atoms with Gasteiger partial charge in [-0.05, 0) is 24.5 Å². The highest BCUT2D eigenvalue weighted by atomic mass is 35.5. The minimum Gasteiger partial charge on any atom is -0.361 e.